The molecule has 2 rings (SSSR count). The fourth-order valence-electron chi connectivity index (χ4n) is 2.62. The van der Waals surface area contributed by atoms with Crippen LogP contribution in [0.5, 0.6) is 0 Å². The maximum absolute atomic E-state index is 14.8. The minimum Gasteiger partial charge on any atom is -0.398 e. The lowest BCUT2D eigenvalue weighted by molar-refractivity contribution is 0.183. The molecule has 1 aromatic heterocycles. The van der Waals surface area contributed by atoms with Crippen LogP contribution in [-0.4, -0.2) is 23.9 Å². The fraction of sp³-hybridized carbons (Fsp3) is 0.400. The largest absolute Gasteiger partial charge is 0.398 e. The number of allylic oxidation sites excluding steroid dienone is 1. The van der Waals surface area contributed by atoms with Crippen molar-refractivity contribution in [2.24, 2.45) is 5.73 Å². The van der Waals surface area contributed by atoms with Gasteiger partial charge in [0.1, 0.15) is 5.82 Å². The molecule has 0 spiro atoms. The van der Waals surface area contributed by atoms with Crippen LogP contribution < -0.4 is 5.73 Å². The van der Waals surface area contributed by atoms with E-state index < -0.39 is 0 Å². The van der Waals surface area contributed by atoms with Crippen molar-refractivity contribution in [1.82, 2.24) is 10.2 Å². The Morgan fingerprint density at radius 2 is 2.30 bits per heavy atom. The molecule has 0 bridgehead atoms. The highest BCUT2D eigenvalue weighted by Crippen LogP contribution is 2.34. The second-order valence-electron chi connectivity index (χ2n) is 4.99. The summed E-state index contributed by atoms with van der Waals surface area (Å²) in [5, 5.41) is 7.78. The normalized spacial score (nSPS) is 13.9. The predicted molar refractivity (Wildman–Crippen MR) is 78.9 cm³/mol. The Labute approximate surface area is 117 Å². The molecule has 5 heteroatoms. The summed E-state index contributed by atoms with van der Waals surface area (Å²) in [6, 6.07) is 0. The number of nitrogens with one attached hydrogen (secondary N) is 1. The molecule has 0 aliphatic carbocycles. The van der Waals surface area contributed by atoms with Gasteiger partial charge in [-0.25, -0.2) is 4.39 Å². The molecule has 1 heterocycles. The van der Waals surface area contributed by atoms with Crippen molar-refractivity contribution in [2.75, 3.05) is 13.7 Å². The molecule has 0 fully saturated rings. The van der Waals surface area contributed by atoms with E-state index in [-0.39, 0.29) is 11.7 Å². The summed E-state index contributed by atoms with van der Waals surface area (Å²) in [5.74, 6) is -0.311. The smallest absolute Gasteiger partial charge is 0.132 e. The average Bonchev–Trinajstić information content (AvgIpc) is 2.88. The molecule has 20 heavy (non-hydrogen) atoms. The average molecular weight is 277 g/mol. The van der Waals surface area contributed by atoms with Crippen LogP contribution in [0.3, 0.4) is 0 Å². The van der Waals surface area contributed by atoms with E-state index in [2.05, 4.69) is 10.2 Å². The van der Waals surface area contributed by atoms with Crippen LogP contribution in [-0.2, 0) is 4.74 Å². The summed E-state index contributed by atoms with van der Waals surface area (Å²) in [6.45, 7) is 5.96. The van der Waals surface area contributed by atoms with E-state index in [4.69, 9.17) is 10.5 Å². The second-order valence-corrected chi connectivity index (χ2v) is 4.99. The molecular formula is C15H20FN3O. The zero-order valence-electron chi connectivity index (χ0n) is 12.2. The van der Waals surface area contributed by atoms with Gasteiger partial charge in [0.25, 0.3) is 0 Å². The predicted octanol–water partition coefficient (Wildman–Crippen LogP) is 3.08. The number of fused-ring (bicyclic) bond motifs is 1. The zero-order chi connectivity index (χ0) is 14.9. The van der Waals surface area contributed by atoms with Crippen molar-refractivity contribution in [3.8, 4) is 0 Å². The topological polar surface area (TPSA) is 63.9 Å². The third-order valence-corrected chi connectivity index (χ3v) is 3.63. The Morgan fingerprint density at radius 3 is 2.90 bits per heavy atom. The lowest BCUT2D eigenvalue weighted by Crippen LogP contribution is -2.10. The molecule has 0 saturated heterocycles. The van der Waals surface area contributed by atoms with E-state index in [1.807, 2.05) is 13.8 Å². The Morgan fingerprint density at radius 1 is 1.60 bits per heavy atom. The van der Waals surface area contributed by atoms with Gasteiger partial charge in [-0.1, -0.05) is 13.0 Å². The minimum absolute atomic E-state index is 0.0671. The molecule has 0 aliphatic heterocycles. The molecular weight excluding hydrogens is 257 g/mol. The second kappa shape index (κ2) is 5.63. The molecule has 4 nitrogen and oxygen atoms in total. The number of methoxy groups -OCH3 is 1. The number of halogens is 1. The van der Waals surface area contributed by atoms with E-state index in [0.29, 0.717) is 34.5 Å². The summed E-state index contributed by atoms with van der Waals surface area (Å²) in [7, 11) is 1.61. The van der Waals surface area contributed by atoms with Crippen LogP contribution in [0.15, 0.2) is 12.3 Å². The van der Waals surface area contributed by atoms with Crippen molar-refractivity contribution in [3.05, 3.63) is 34.8 Å². The first kappa shape index (κ1) is 14.5. The summed E-state index contributed by atoms with van der Waals surface area (Å²) in [6.07, 6.45) is 3.46. The number of rotatable bonds is 4. The van der Waals surface area contributed by atoms with Crippen LogP contribution in [0, 0.1) is 12.7 Å². The van der Waals surface area contributed by atoms with Crippen LogP contribution in [0.2, 0.25) is 0 Å². The van der Waals surface area contributed by atoms with Gasteiger partial charge in [-0.3, -0.25) is 5.10 Å². The van der Waals surface area contributed by atoms with Gasteiger partial charge in [0.2, 0.25) is 0 Å². The van der Waals surface area contributed by atoms with Gasteiger partial charge in [-0.15, -0.1) is 0 Å². The lowest BCUT2D eigenvalue weighted by Gasteiger charge is -2.17. The number of hydrogen-bond donors (Lipinski definition) is 2. The molecule has 0 amide bonds. The SMILES string of the molecule is C/C=C(\N)c1c(C)c(F)c([C@@H](C)COC)c2[nH]ncc12. The van der Waals surface area contributed by atoms with Crippen molar-refractivity contribution in [2.45, 2.75) is 26.7 Å². The number of ether oxygens (including phenoxy) is 1. The highest BCUT2D eigenvalue weighted by molar-refractivity contribution is 5.94. The number of benzene rings is 1. The Bertz CT molecular complexity index is 661. The first-order valence-electron chi connectivity index (χ1n) is 6.59. The molecule has 0 unspecified atom stereocenters. The summed E-state index contributed by atoms with van der Waals surface area (Å²) in [5.41, 5.74) is 9.11. The Balaban J connectivity index is 2.80. The van der Waals surface area contributed by atoms with Crippen LogP contribution in [0.25, 0.3) is 16.6 Å². The zero-order valence-corrected chi connectivity index (χ0v) is 12.2. The third kappa shape index (κ3) is 2.18. The van der Waals surface area contributed by atoms with Gasteiger partial charge in [0.15, 0.2) is 0 Å². The van der Waals surface area contributed by atoms with E-state index >= 15 is 0 Å². The number of nitrogens with two attached hydrogens (primary N) is 1. The molecule has 108 valence electrons. The van der Waals surface area contributed by atoms with Crippen molar-refractivity contribution in [1.29, 1.82) is 0 Å². The highest BCUT2D eigenvalue weighted by Gasteiger charge is 2.22. The molecule has 3 N–H and O–H groups in total. The van der Waals surface area contributed by atoms with E-state index in [1.54, 1.807) is 26.3 Å². The highest BCUT2D eigenvalue weighted by atomic mass is 19.1. The monoisotopic (exact) mass is 277 g/mol. The van der Waals surface area contributed by atoms with E-state index in [9.17, 15) is 4.39 Å². The van der Waals surface area contributed by atoms with Crippen LogP contribution in [0.1, 0.15) is 36.5 Å². The standard InChI is InChI=1S/C15H20FN3O/c1-5-11(17)13-9(3)14(16)12(8(2)7-20-4)15-10(13)6-18-19-15/h5-6,8H,7,17H2,1-4H3,(H,18,19)/b11-5-/t8-/m0/s1. The van der Waals surface area contributed by atoms with E-state index in [1.165, 1.54) is 0 Å². The number of hydrogen-bond acceptors (Lipinski definition) is 3. The van der Waals surface area contributed by atoms with Crippen molar-refractivity contribution >= 4 is 16.6 Å². The van der Waals surface area contributed by atoms with Crippen LogP contribution >= 0.6 is 0 Å². The maximum atomic E-state index is 14.8. The van der Waals surface area contributed by atoms with Gasteiger partial charge in [0.05, 0.1) is 18.3 Å². The molecule has 0 aliphatic rings. The van der Waals surface area contributed by atoms with Gasteiger partial charge < -0.3 is 10.5 Å². The Hall–Kier alpha value is -1.88. The molecule has 0 saturated carbocycles. The van der Waals surface area contributed by atoms with Gasteiger partial charge in [-0.05, 0) is 19.4 Å². The van der Waals surface area contributed by atoms with Gasteiger partial charge in [0, 0.05) is 35.2 Å². The first-order valence-corrected chi connectivity index (χ1v) is 6.59. The fourth-order valence-corrected chi connectivity index (χ4v) is 2.62. The molecule has 1 aromatic carbocycles. The summed E-state index contributed by atoms with van der Waals surface area (Å²) >= 11 is 0. The maximum Gasteiger partial charge on any atom is 0.132 e. The summed E-state index contributed by atoms with van der Waals surface area (Å²) in [4.78, 5) is 0. The lowest BCUT2D eigenvalue weighted by atomic mass is 9.91. The first-order chi connectivity index (χ1) is 9.52. The number of nitrogens with zero attached hydrogens (tertiary/aromatic N) is 1. The number of aromatic amines is 1. The van der Waals surface area contributed by atoms with Crippen molar-refractivity contribution < 1.29 is 9.13 Å². The summed E-state index contributed by atoms with van der Waals surface area (Å²) < 4.78 is 19.9. The molecule has 0 radical (unpaired) electrons. The van der Waals surface area contributed by atoms with Gasteiger partial charge >= 0.3 is 0 Å². The number of H-pyrrole nitrogens is 1. The number of aromatic nitrogens is 2. The van der Waals surface area contributed by atoms with E-state index in [0.717, 1.165) is 5.39 Å². The minimum atomic E-state index is -0.244. The quantitative estimate of drug-likeness (QED) is 0.902. The Kier molecular flexibility index (Phi) is 4.09. The third-order valence-electron chi connectivity index (χ3n) is 3.63. The molecule has 2 aromatic rings. The van der Waals surface area contributed by atoms with Crippen LogP contribution in [0.4, 0.5) is 4.39 Å². The van der Waals surface area contributed by atoms with Gasteiger partial charge in [-0.2, -0.15) is 5.10 Å². The van der Waals surface area contributed by atoms with Crippen molar-refractivity contribution in [3.63, 3.8) is 0 Å². The molecule has 1 atom stereocenters.